The molecule has 2 rings (SSSR count). The van der Waals surface area contributed by atoms with Crippen LogP contribution in [0.4, 0.5) is 13.2 Å². The van der Waals surface area contributed by atoms with E-state index < -0.39 is 11.7 Å². The van der Waals surface area contributed by atoms with E-state index >= 15 is 0 Å². The van der Waals surface area contributed by atoms with Crippen LogP contribution in [0.15, 0.2) is 18.2 Å². The third kappa shape index (κ3) is 3.24. The highest BCUT2D eigenvalue weighted by Crippen LogP contribution is 2.31. The Bertz CT molecular complexity index is 500. The molecule has 100 valence electrons. The summed E-state index contributed by atoms with van der Waals surface area (Å²) in [6.45, 7) is 6.17. The van der Waals surface area contributed by atoms with Gasteiger partial charge in [0, 0.05) is 11.1 Å². The van der Waals surface area contributed by atoms with Gasteiger partial charge in [-0.25, -0.2) is 0 Å². The van der Waals surface area contributed by atoms with E-state index in [-0.39, 0.29) is 0 Å². The predicted octanol–water partition coefficient (Wildman–Crippen LogP) is 4.56. The summed E-state index contributed by atoms with van der Waals surface area (Å²) in [7, 11) is 0. The molecule has 0 aliphatic heterocycles. The van der Waals surface area contributed by atoms with Crippen molar-refractivity contribution in [1.29, 1.82) is 0 Å². The molecule has 0 saturated carbocycles. The Morgan fingerprint density at radius 2 is 1.78 bits per heavy atom. The van der Waals surface area contributed by atoms with Crippen molar-refractivity contribution >= 4 is 10.9 Å². The molecule has 0 fully saturated rings. The number of alkyl halides is 3. The van der Waals surface area contributed by atoms with E-state index in [0.29, 0.717) is 5.52 Å². The van der Waals surface area contributed by atoms with Gasteiger partial charge in [0.2, 0.25) is 0 Å². The van der Waals surface area contributed by atoms with Crippen LogP contribution in [0.3, 0.4) is 0 Å². The summed E-state index contributed by atoms with van der Waals surface area (Å²) in [4.78, 5) is 0. The summed E-state index contributed by atoms with van der Waals surface area (Å²) < 4.78 is 37.1. The van der Waals surface area contributed by atoms with Gasteiger partial charge in [0.1, 0.15) is 0 Å². The number of rotatable bonds is 1. The quantitative estimate of drug-likeness (QED) is 0.798. The van der Waals surface area contributed by atoms with E-state index in [4.69, 9.17) is 0 Å². The first-order valence-electron chi connectivity index (χ1n) is 5.98. The molecule has 0 unspecified atom stereocenters. The Balaban J connectivity index is 0.000000492. The van der Waals surface area contributed by atoms with E-state index in [1.165, 1.54) is 12.5 Å². The molecule has 18 heavy (non-hydrogen) atoms. The van der Waals surface area contributed by atoms with Crippen molar-refractivity contribution in [2.75, 3.05) is 0 Å². The average Bonchev–Trinajstić information content (AvgIpc) is 2.70. The van der Waals surface area contributed by atoms with Crippen LogP contribution < -0.4 is 0 Å². The maximum Gasteiger partial charge on any atom is 0.416 e. The van der Waals surface area contributed by atoms with Gasteiger partial charge in [0.25, 0.3) is 0 Å². The van der Waals surface area contributed by atoms with Crippen molar-refractivity contribution in [1.82, 2.24) is 10.2 Å². The third-order valence-corrected chi connectivity index (χ3v) is 2.32. The zero-order valence-corrected chi connectivity index (χ0v) is 10.7. The van der Waals surface area contributed by atoms with Gasteiger partial charge >= 0.3 is 6.18 Å². The summed E-state index contributed by atoms with van der Waals surface area (Å²) in [5.74, 6) is 0. The zero-order valence-electron chi connectivity index (χ0n) is 10.7. The Hall–Kier alpha value is -1.52. The lowest BCUT2D eigenvalue weighted by Gasteiger charge is -2.05. The van der Waals surface area contributed by atoms with Crippen molar-refractivity contribution in [2.24, 2.45) is 0 Å². The van der Waals surface area contributed by atoms with Crippen molar-refractivity contribution in [3.8, 4) is 0 Å². The van der Waals surface area contributed by atoms with Gasteiger partial charge in [-0.15, -0.1) is 0 Å². The second-order valence-corrected chi connectivity index (χ2v) is 3.99. The highest BCUT2D eigenvalue weighted by molar-refractivity contribution is 5.82. The monoisotopic (exact) mass is 258 g/mol. The fourth-order valence-electron chi connectivity index (χ4n) is 1.51. The van der Waals surface area contributed by atoms with Gasteiger partial charge < -0.3 is 0 Å². The molecule has 1 N–H and O–H groups in total. The smallest absolute Gasteiger partial charge is 0.281 e. The van der Waals surface area contributed by atoms with E-state index in [1.54, 1.807) is 0 Å². The van der Waals surface area contributed by atoms with Gasteiger partial charge in [-0.3, -0.25) is 5.10 Å². The van der Waals surface area contributed by atoms with Gasteiger partial charge in [-0.2, -0.15) is 18.3 Å². The topological polar surface area (TPSA) is 28.7 Å². The molecule has 2 nitrogen and oxygen atoms in total. The number of nitrogens with one attached hydrogen (secondary N) is 1. The summed E-state index contributed by atoms with van der Waals surface area (Å²) in [5.41, 5.74) is 0.560. The molecular formula is C13H17F3N2. The van der Waals surface area contributed by atoms with E-state index in [1.807, 2.05) is 6.92 Å². The minimum absolute atomic E-state index is 0.363. The predicted molar refractivity (Wildman–Crippen MR) is 66.4 cm³/mol. The first-order chi connectivity index (χ1) is 8.43. The molecule has 0 amide bonds. The molecule has 0 bridgehead atoms. The molecule has 0 aliphatic carbocycles. The summed E-state index contributed by atoms with van der Waals surface area (Å²) in [6.07, 6.45) is -2.33. The third-order valence-electron chi connectivity index (χ3n) is 2.32. The highest BCUT2D eigenvalue weighted by Gasteiger charge is 2.30. The number of halogens is 3. The number of hydrogen-bond acceptors (Lipinski definition) is 1. The molecule has 2 aromatic rings. The SMILES string of the molecule is CCC.CCc1[nH]nc2cc(C(F)(F)F)ccc12. The first-order valence-corrected chi connectivity index (χ1v) is 5.98. The summed E-state index contributed by atoms with van der Waals surface area (Å²) in [6, 6.07) is 3.60. The van der Waals surface area contributed by atoms with Crippen molar-refractivity contribution in [2.45, 2.75) is 39.8 Å². The summed E-state index contributed by atoms with van der Waals surface area (Å²) >= 11 is 0. The lowest BCUT2D eigenvalue weighted by atomic mass is 10.1. The molecule has 1 aromatic heterocycles. The second-order valence-electron chi connectivity index (χ2n) is 3.99. The number of nitrogens with zero attached hydrogens (tertiary/aromatic N) is 1. The number of aromatic amines is 1. The Morgan fingerprint density at radius 1 is 1.17 bits per heavy atom. The van der Waals surface area contributed by atoms with Gasteiger partial charge in [-0.1, -0.05) is 33.3 Å². The van der Waals surface area contributed by atoms with Crippen molar-refractivity contribution in [3.63, 3.8) is 0 Å². The lowest BCUT2D eigenvalue weighted by Crippen LogP contribution is -2.04. The zero-order chi connectivity index (χ0) is 13.8. The van der Waals surface area contributed by atoms with E-state index in [9.17, 15) is 13.2 Å². The second kappa shape index (κ2) is 5.89. The molecule has 1 aromatic carbocycles. The Labute approximate surface area is 104 Å². The Morgan fingerprint density at radius 3 is 2.28 bits per heavy atom. The van der Waals surface area contributed by atoms with Gasteiger partial charge in [0.05, 0.1) is 11.1 Å². The van der Waals surface area contributed by atoms with E-state index in [2.05, 4.69) is 24.0 Å². The fraction of sp³-hybridized carbons (Fsp3) is 0.462. The molecular weight excluding hydrogens is 241 g/mol. The standard InChI is InChI=1S/C10H9F3N2.C3H8/c1-2-8-7-4-3-6(10(11,12)13)5-9(7)15-14-8;1-3-2/h3-5H,2H2,1H3,(H,14,15);3H2,1-2H3. The number of fused-ring (bicyclic) bond motifs is 1. The number of hydrogen-bond donors (Lipinski definition) is 1. The van der Waals surface area contributed by atoms with Crippen LogP contribution >= 0.6 is 0 Å². The van der Waals surface area contributed by atoms with Crippen LogP contribution in [-0.2, 0) is 12.6 Å². The number of aryl methyl sites for hydroxylation is 1. The molecule has 0 saturated heterocycles. The van der Waals surface area contributed by atoms with Crippen molar-refractivity contribution < 1.29 is 13.2 Å². The molecule has 5 heteroatoms. The van der Waals surface area contributed by atoms with Crippen LogP contribution in [0.1, 0.15) is 38.4 Å². The van der Waals surface area contributed by atoms with Crippen molar-refractivity contribution in [3.05, 3.63) is 29.5 Å². The van der Waals surface area contributed by atoms with Gasteiger partial charge in [-0.05, 0) is 18.6 Å². The average molecular weight is 258 g/mol. The molecule has 0 atom stereocenters. The minimum atomic E-state index is -4.31. The van der Waals surface area contributed by atoms with Crippen LogP contribution in [0.25, 0.3) is 10.9 Å². The number of aromatic nitrogens is 2. The Kier molecular flexibility index (Phi) is 4.76. The fourth-order valence-corrected chi connectivity index (χ4v) is 1.51. The minimum Gasteiger partial charge on any atom is -0.281 e. The highest BCUT2D eigenvalue weighted by atomic mass is 19.4. The van der Waals surface area contributed by atoms with Gasteiger partial charge in [0.15, 0.2) is 0 Å². The molecule has 0 spiro atoms. The van der Waals surface area contributed by atoms with Crippen LogP contribution in [0.5, 0.6) is 0 Å². The lowest BCUT2D eigenvalue weighted by molar-refractivity contribution is -0.137. The molecule has 0 aliphatic rings. The largest absolute Gasteiger partial charge is 0.416 e. The summed E-state index contributed by atoms with van der Waals surface area (Å²) in [5, 5.41) is 7.32. The molecule has 0 radical (unpaired) electrons. The van der Waals surface area contributed by atoms with Crippen LogP contribution in [0.2, 0.25) is 0 Å². The van der Waals surface area contributed by atoms with Crippen LogP contribution in [0, 0.1) is 0 Å². The van der Waals surface area contributed by atoms with Crippen LogP contribution in [-0.4, -0.2) is 10.2 Å². The van der Waals surface area contributed by atoms with E-state index in [0.717, 1.165) is 29.6 Å². The number of benzene rings is 1. The first kappa shape index (κ1) is 14.5. The number of H-pyrrole nitrogens is 1. The maximum atomic E-state index is 12.4. The molecule has 1 heterocycles. The normalized spacial score (nSPS) is 11.2. The maximum absolute atomic E-state index is 12.4.